The van der Waals surface area contributed by atoms with Gasteiger partial charge in [-0.2, -0.15) is 0 Å². The molecule has 4 nitrogen and oxygen atoms in total. The SMILES string of the molecule is CCC(C)(C)C(=O)Oc1cccc2c1COC(=O)C2. The van der Waals surface area contributed by atoms with E-state index in [1.165, 1.54) is 0 Å². The maximum atomic E-state index is 12.1. The Morgan fingerprint density at radius 1 is 1.42 bits per heavy atom. The molecule has 0 aliphatic carbocycles. The van der Waals surface area contributed by atoms with E-state index in [-0.39, 0.29) is 25.0 Å². The molecular weight excluding hydrogens is 244 g/mol. The predicted octanol–water partition coefficient (Wildman–Crippen LogP) is 2.63. The van der Waals surface area contributed by atoms with Crippen molar-refractivity contribution in [1.29, 1.82) is 0 Å². The van der Waals surface area contributed by atoms with Crippen molar-refractivity contribution in [3.8, 4) is 5.75 Å². The zero-order chi connectivity index (χ0) is 14.0. The van der Waals surface area contributed by atoms with Crippen LogP contribution in [0.1, 0.15) is 38.3 Å². The van der Waals surface area contributed by atoms with Crippen LogP contribution in [0.3, 0.4) is 0 Å². The van der Waals surface area contributed by atoms with Gasteiger partial charge in [0.05, 0.1) is 11.8 Å². The molecule has 0 amide bonds. The normalized spacial score (nSPS) is 14.6. The molecule has 1 aliphatic rings. The molecule has 1 heterocycles. The van der Waals surface area contributed by atoms with Crippen LogP contribution in [0, 0.1) is 5.41 Å². The Morgan fingerprint density at radius 3 is 2.84 bits per heavy atom. The molecule has 1 aromatic rings. The van der Waals surface area contributed by atoms with Gasteiger partial charge in [-0.25, -0.2) is 0 Å². The highest BCUT2D eigenvalue weighted by molar-refractivity contribution is 5.79. The van der Waals surface area contributed by atoms with Crippen molar-refractivity contribution in [3.63, 3.8) is 0 Å². The summed E-state index contributed by atoms with van der Waals surface area (Å²) in [6.07, 6.45) is 0.938. The van der Waals surface area contributed by atoms with Gasteiger partial charge in [-0.3, -0.25) is 9.59 Å². The maximum absolute atomic E-state index is 12.1. The van der Waals surface area contributed by atoms with Crippen LogP contribution in [0.15, 0.2) is 18.2 Å². The van der Waals surface area contributed by atoms with E-state index >= 15 is 0 Å². The van der Waals surface area contributed by atoms with Crippen molar-refractivity contribution in [3.05, 3.63) is 29.3 Å². The first-order valence-corrected chi connectivity index (χ1v) is 6.42. The lowest BCUT2D eigenvalue weighted by Gasteiger charge is -2.23. The third-order valence-corrected chi connectivity index (χ3v) is 3.58. The van der Waals surface area contributed by atoms with Gasteiger partial charge in [-0.05, 0) is 31.9 Å². The second-order valence-corrected chi connectivity index (χ2v) is 5.36. The van der Waals surface area contributed by atoms with E-state index in [9.17, 15) is 9.59 Å². The van der Waals surface area contributed by atoms with Gasteiger partial charge in [0.25, 0.3) is 0 Å². The fourth-order valence-electron chi connectivity index (χ4n) is 1.78. The minimum atomic E-state index is -0.520. The molecule has 0 unspecified atom stereocenters. The van der Waals surface area contributed by atoms with Crippen LogP contribution >= 0.6 is 0 Å². The number of cyclic esters (lactones) is 1. The molecule has 0 fully saturated rings. The first kappa shape index (κ1) is 13.6. The van der Waals surface area contributed by atoms with Crippen LogP contribution in [0.4, 0.5) is 0 Å². The average Bonchev–Trinajstić information content (AvgIpc) is 2.38. The molecular formula is C15H18O4. The molecule has 0 atom stereocenters. The summed E-state index contributed by atoms with van der Waals surface area (Å²) >= 11 is 0. The van der Waals surface area contributed by atoms with Crippen LogP contribution in [-0.4, -0.2) is 11.9 Å². The number of benzene rings is 1. The van der Waals surface area contributed by atoms with E-state index in [2.05, 4.69) is 0 Å². The number of fused-ring (bicyclic) bond motifs is 1. The quantitative estimate of drug-likeness (QED) is 0.620. The average molecular weight is 262 g/mol. The van der Waals surface area contributed by atoms with E-state index in [1.54, 1.807) is 12.1 Å². The van der Waals surface area contributed by atoms with Crippen molar-refractivity contribution < 1.29 is 19.1 Å². The lowest BCUT2D eigenvalue weighted by atomic mass is 9.90. The molecule has 4 heteroatoms. The molecule has 0 aromatic heterocycles. The minimum Gasteiger partial charge on any atom is -0.460 e. The van der Waals surface area contributed by atoms with Crippen LogP contribution < -0.4 is 4.74 Å². The first-order valence-electron chi connectivity index (χ1n) is 6.42. The molecule has 0 N–H and O–H groups in total. The highest BCUT2D eigenvalue weighted by Crippen LogP contribution is 2.30. The third-order valence-electron chi connectivity index (χ3n) is 3.58. The summed E-state index contributed by atoms with van der Waals surface area (Å²) < 4.78 is 10.5. The second kappa shape index (κ2) is 5.03. The van der Waals surface area contributed by atoms with Gasteiger partial charge in [-0.1, -0.05) is 19.1 Å². The molecule has 19 heavy (non-hydrogen) atoms. The summed E-state index contributed by atoms with van der Waals surface area (Å²) in [5, 5.41) is 0. The fraction of sp³-hybridized carbons (Fsp3) is 0.467. The minimum absolute atomic E-state index is 0.171. The standard InChI is InChI=1S/C15H18O4/c1-4-15(2,3)14(17)19-12-7-5-6-10-8-13(16)18-9-11(10)12/h5-7H,4,8-9H2,1-3H3. The number of esters is 2. The van der Waals surface area contributed by atoms with Gasteiger partial charge in [-0.15, -0.1) is 0 Å². The van der Waals surface area contributed by atoms with Crippen LogP contribution in [0.2, 0.25) is 0 Å². The van der Waals surface area contributed by atoms with E-state index in [0.29, 0.717) is 12.2 Å². The largest absolute Gasteiger partial charge is 0.460 e. The molecule has 0 spiro atoms. The van der Waals surface area contributed by atoms with Gasteiger partial charge in [0.2, 0.25) is 0 Å². The Labute approximate surface area is 112 Å². The van der Waals surface area contributed by atoms with Crippen LogP contribution in [0.5, 0.6) is 5.75 Å². The van der Waals surface area contributed by atoms with Crippen molar-refractivity contribution >= 4 is 11.9 Å². The number of ether oxygens (including phenoxy) is 2. The monoisotopic (exact) mass is 262 g/mol. The highest BCUT2D eigenvalue weighted by Gasteiger charge is 2.29. The predicted molar refractivity (Wildman–Crippen MR) is 69.6 cm³/mol. The van der Waals surface area contributed by atoms with Gasteiger partial charge < -0.3 is 9.47 Å². The molecule has 1 aliphatic heterocycles. The number of hydrogen-bond donors (Lipinski definition) is 0. The summed E-state index contributed by atoms with van der Waals surface area (Å²) in [6, 6.07) is 5.39. The Kier molecular flexibility index (Phi) is 3.60. The number of carbonyl (C=O) groups is 2. The second-order valence-electron chi connectivity index (χ2n) is 5.36. The molecule has 1 aromatic carbocycles. The molecule has 102 valence electrons. The van der Waals surface area contributed by atoms with Gasteiger partial charge >= 0.3 is 11.9 Å². The van der Waals surface area contributed by atoms with E-state index in [1.807, 2.05) is 26.8 Å². The summed E-state index contributed by atoms with van der Waals surface area (Å²) in [4.78, 5) is 23.3. The van der Waals surface area contributed by atoms with Crippen molar-refractivity contribution in [2.45, 2.75) is 40.2 Å². The number of hydrogen-bond acceptors (Lipinski definition) is 4. The van der Waals surface area contributed by atoms with Crippen LogP contribution in [0.25, 0.3) is 0 Å². The molecule has 0 saturated carbocycles. The lowest BCUT2D eigenvalue weighted by molar-refractivity contribution is -0.145. The van der Waals surface area contributed by atoms with E-state index in [0.717, 1.165) is 11.1 Å². The van der Waals surface area contributed by atoms with Crippen molar-refractivity contribution in [1.82, 2.24) is 0 Å². The topological polar surface area (TPSA) is 52.6 Å². The van der Waals surface area contributed by atoms with E-state index in [4.69, 9.17) is 9.47 Å². The summed E-state index contributed by atoms with van der Waals surface area (Å²) in [5.41, 5.74) is 1.15. The molecule has 0 saturated heterocycles. The van der Waals surface area contributed by atoms with Gasteiger partial charge in [0.1, 0.15) is 12.4 Å². The number of carbonyl (C=O) groups excluding carboxylic acids is 2. The van der Waals surface area contributed by atoms with Crippen molar-refractivity contribution in [2.24, 2.45) is 5.41 Å². The highest BCUT2D eigenvalue weighted by atomic mass is 16.5. The Morgan fingerprint density at radius 2 is 2.16 bits per heavy atom. The maximum Gasteiger partial charge on any atom is 0.316 e. The van der Waals surface area contributed by atoms with Gasteiger partial charge in [0, 0.05) is 5.56 Å². The summed E-state index contributed by atoms with van der Waals surface area (Å²) in [6.45, 7) is 5.82. The number of rotatable bonds is 3. The first-order chi connectivity index (χ1) is 8.94. The zero-order valence-corrected chi connectivity index (χ0v) is 11.5. The third kappa shape index (κ3) is 2.78. The summed E-state index contributed by atoms with van der Waals surface area (Å²) in [5.74, 6) is -0.0123. The smallest absolute Gasteiger partial charge is 0.316 e. The zero-order valence-electron chi connectivity index (χ0n) is 11.5. The Bertz CT molecular complexity index is 517. The fourth-order valence-corrected chi connectivity index (χ4v) is 1.78. The summed E-state index contributed by atoms with van der Waals surface area (Å²) in [7, 11) is 0. The van der Waals surface area contributed by atoms with E-state index < -0.39 is 5.41 Å². The molecule has 2 rings (SSSR count). The Hall–Kier alpha value is -1.84. The lowest BCUT2D eigenvalue weighted by Crippen LogP contribution is -2.29. The van der Waals surface area contributed by atoms with Crippen LogP contribution in [-0.2, 0) is 27.4 Å². The Balaban J connectivity index is 2.25. The van der Waals surface area contributed by atoms with Gasteiger partial charge in [0.15, 0.2) is 0 Å². The molecule has 0 radical (unpaired) electrons. The van der Waals surface area contributed by atoms with Crippen molar-refractivity contribution in [2.75, 3.05) is 0 Å². The molecule has 0 bridgehead atoms.